The Balaban J connectivity index is 2.43. The molecule has 17 heavy (non-hydrogen) atoms. The maximum Gasteiger partial charge on any atom is 0.127 e. The number of aryl methyl sites for hydroxylation is 1. The summed E-state index contributed by atoms with van der Waals surface area (Å²) in [6.45, 7) is 1.70. The van der Waals surface area contributed by atoms with Gasteiger partial charge in [-0.2, -0.15) is 0 Å². The summed E-state index contributed by atoms with van der Waals surface area (Å²) < 4.78 is 14.5. The molecule has 0 amide bonds. The highest BCUT2D eigenvalue weighted by molar-refractivity contribution is 14.1. The van der Waals surface area contributed by atoms with Gasteiger partial charge in [-0.1, -0.05) is 11.6 Å². The minimum Gasteiger partial charge on any atom is -0.207 e. The fourth-order valence-corrected chi connectivity index (χ4v) is 3.60. The fraction of sp³-hybridized carbons (Fsp3) is 0.167. The second-order valence-corrected chi connectivity index (χ2v) is 7.32. The molecule has 0 fully saturated rings. The summed E-state index contributed by atoms with van der Waals surface area (Å²) in [7, 11) is 0. The van der Waals surface area contributed by atoms with Gasteiger partial charge in [-0.15, -0.1) is 22.9 Å². The molecule has 0 bridgehead atoms. The molecule has 1 aromatic carbocycles. The van der Waals surface area contributed by atoms with E-state index in [9.17, 15) is 4.39 Å². The molecule has 0 aliphatic heterocycles. The number of hydrogen-bond acceptors (Lipinski definition) is 1. The second-order valence-electron chi connectivity index (χ2n) is 3.67. The molecular formula is C12H8Cl2FIS. The lowest BCUT2D eigenvalue weighted by atomic mass is 10.0. The quantitative estimate of drug-likeness (QED) is 0.442. The number of alkyl halides is 1. The molecule has 0 nitrogen and oxygen atoms in total. The number of benzene rings is 1. The zero-order valence-corrected chi connectivity index (χ0v) is 13.3. The van der Waals surface area contributed by atoms with Gasteiger partial charge in [0.1, 0.15) is 5.82 Å². The Morgan fingerprint density at radius 1 is 1.35 bits per heavy atom. The number of thiophene rings is 1. The van der Waals surface area contributed by atoms with E-state index in [1.54, 1.807) is 24.3 Å². The Labute approximate surface area is 127 Å². The summed E-state index contributed by atoms with van der Waals surface area (Å²) in [5.41, 5.74) is 2.30. The molecule has 0 radical (unpaired) electrons. The van der Waals surface area contributed by atoms with E-state index in [1.807, 2.05) is 11.4 Å². The lowest BCUT2D eigenvalue weighted by molar-refractivity contribution is 0.618. The zero-order valence-electron chi connectivity index (χ0n) is 8.81. The van der Waals surface area contributed by atoms with Crippen LogP contribution >= 0.6 is 57.1 Å². The van der Waals surface area contributed by atoms with Crippen molar-refractivity contribution in [2.45, 2.75) is 12.3 Å². The van der Waals surface area contributed by atoms with Crippen LogP contribution < -0.4 is 0 Å². The Hall–Kier alpha value is 0.160. The largest absolute Gasteiger partial charge is 0.207 e. The van der Waals surface area contributed by atoms with Crippen LogP contribution in [0.2, 0.25) is 5.02 Å². The van der Waals surface area contributed by atoms with Crippen molar-refractivity contribution in [3.8, 4) is 0 Å². The molecule has 0 aliphatic carbocycles. The molecule has 0 spiro atoms. The van der Waals surface area contributed by atoms with Crippen molar-refractivity contribution in [2.75, 3.05) is 0 Å². The summed E-state index contributed by atoms with van der Waals surface area (Å²) >= 11 is 16.3. The topological polar surface area (TPSA) is 0 Å². The van der Waals surface area contributed by atoms with Gasteiger partial charge in [0.25, 0.3) is 0 Å². The van der Waals surface area contributed by atoms with Gasteiger partial charge in [0, 0.05) is 5.02 Å². The summed E-state index contributed by atoms with van der Waals surface area (Å²) in [5, 5.41) is 2.03. The second kappa shape index (κ2) is 5.43. The van der Waals surface area contributed by atoms with Crippen LogP contribution in [-0.4, -0.2) is 0 Å². The van der Waals surface area contributed by atoms with Crippen molar-refractivity contribution >= 4 is 57.1 Å². The average Bonchev–Trinajstić information content (AvgIpc) is 2.69. The van der Waals surface area contributed by atoms with Gasteiger partial charge in [0.05, 0.1) is 8.26 Å². The monoisotopic (exact) mass is 400 g/mol. The predicted octanol–water partition coefficient (Wildman–Crippen LogP) is 5.78. The Morgan fingerprint density at radius 2 is 2.06 bits per heavy atom. The minimum absolute atomic E-state index is 0.303. The van der Waals surface area contributed by atoms with Crippen LogP contribution in [0.3, 0.4) is 0 Å². The summed E-state index contributed by atoms with van der Waals surface area (Å²) in [5.74, 6) is -0.303. The minimum atomic E-state index is -0.332. The summed E-state index contributed by atoms with van der Waals surface area (Å²) in [6, 6.07) is 5.04. The van der Waals surface area contributed by atoms with E-state index in [2.05, 4.69) is 22.6 Å². The third kappa shape index (κ3) is 2.95. The van der Waals surface area contributed by atoms with E-state index in [-0.39, 0.29) is 11.2 Å². The molecule has 0 aliphatic rings. The van der Waals surface area contributed by atoms with Crippen LogP contribution in [0.4, 0.5) is 4.39 Å². The van der Waals surface area contributed by atoms with Crippen LogP contribution in [0, 0.1) is 15.6 Å². The third-order valence-corrected chi connectivity index (χ3v) is 5.05. The highest BCUT2D eigenvalue weighted by Gasteiger charge is 2.17. The van der Waals surface area contributed by atoms with E-state index in [1.165, 1.54) is 8.95 Å². The molecule has 1 atom stereocenters. The smallest absolute Gasteiger partial charge is 0.127 e. The standard InChI is InChI=1S/C12H8Cl2FIS/c1-6-2-8(9(13)4-10(6)15)12(14)7-3-11(16)17-5-7/h2-5,12H,1H3. The summed E-state index contributed by atoms with van der Waals surface area (Å²) in [4.78, 5) is 0. The molecule has 0 N–H and O–H groups in total. The first-order chi connectivity index (χ1) is 7.99. The van der Waals surface area contributed by atoms with Crippen LogP contribution in [0.15, 0.2) is 23.6 Å². The lowest BCUT2D eigenvalue weighted by Gasteiger charge is -2.11. The highest BCUT2D eigenvalue weighted by atomic mass is 127. The van der Waals surface area contributed by atoms with Gasteiger partial charge < -0.3 is 0 Å². The van der Waals surface area contributed by atoms with Crippen LogP contribution in [0.5, 0.6) is 0 Å². The number of rotatable bonds is 2. The Morgan fingerprint density at radius 3 is 2.65 bits per heavy atom. The van der Waals surface area contributed by atoms with E-state index in [0.717, 1.165) is 11.1 Å². The molecular weight excluding hydrogens is 393 g/mol. The van der Waals surface area contributed by atoms with Gasteiger partial charge >= 0.3 is 0 Å². The predicted molar refractivity (Wildman–Crippen MR) is 80.9 cm³/mol. The van der Waals surface area contributed by atoms with Crippen LogP contribution in [-0.2, 0) is 0 Å². The van der Waals surface area contributed by atoms with Crippen LogP contribution in [0.1, 0.15) is 22.1 Å². The van der Waals surface area contributed by atoms with E-state index < -0.39 is 0 Å². The third-order valence-electron chi connectivity index (χ3n) is 2.43. The molecule has 1 aromatic heterocycles. The first-order valence-electron chi connectivity index (χ1n) is 4.82. The zero-order chi connectivity index (χ0) is 12.6. The number of hydrogen-bond donors (Lipinski definition) is 0. The molecule has 0 saturated heterocycles. The first-order valence-corrected chi connectivity index (χ1v) is 7.60. The summed E-state index contributed by atoms with van der Waals surface area (Å²) in [6.07, 6.45) is 0. The van der Waals surface area contributed by atoms with Gasteiger partial charge in [0.2, 0.25) is 0 Å². The van der Waals surface area contributed by atoms with Crippen molar-refractivity contribution in [3.63, 3.8) is 0 Å². The molecule has 0 saturated carbocycles. The van der Waals surface area contributed by atoms with Gasteiger partial charge in [-0.05, 0) is 69.8 Å². The van der Waals surface area contributed by atoms with Crippen molar-refractivity contribution in [1.29, 1.82) is 0 Å². The molecule has 5 heteroatoms. The van der Waals surface area contributed by atoms with Gasteiger partial charge in [-0.25, -0.2) is 4.39 Å². The molecule has 2 rings (SSSR count). The first kappa shape index (κ1) is 13.6. The van der Waals surface area contributed by atoms with E-state index in [4.69, 9.17) is 23.2 Å². The molecule has 1 heterocycles. The SMILES string of the molecule is Cc1cc(C(Cl)c2csc(I)c2)c(Cl)cc1F. The fourth-order valence-electron chi connectivity index (χ4n) is 1.51. The average molecular weight is 401 g/mol. The maximum absolute atomic E-state index is 13.3. The van der Waals surface area contributed by atoms with Crippen molar-refractivity contribution in [1.82, 2.24) is 0 Å². The lowest BCUT2D eigenvalue weighted by Crippen LogP contribution is -1.95. The van der Waals surface area contributed by atoms with E-state index >= 15 is 0 Å². The highest BCUT2D eigenvalue weighted by Crippen LogP contribution is 2.36. The molecule has 2 aromatic rings. The number of halogens is 4. The Bertz CT molecular complexity index is 553. The molecule has 1 unspecified atom stereocenters. The normalized spacial score (nSPS) is 12.8. The van der Waals surface area contributed by atoms with Gasteiger partial charge in [0.15, 0.2) is 0 Å². The Kier molecular flexibility index (Phi) is 4.34. The van der Waals surface area contributed by atoms with Crippen LogP contribution in [0.25, 0.3) is 0 Å². The molecule has 90 valence electrons. The van der Waals surface area contributed by atoms with Crippen molar-refractivity contribution in [2.24, 2.45) is 0 Å². The van der Waals surface area contributed by atoms with Gasteiger partial charge in [-0.3, -0.25) is 0 Å². The van der Waals surface area contributed by atoms with Crippen molar-refractivity contribution in [3.05, 3.63) is 54.0 Å². The van der Waals surface area contributed by atoms with E-state index in [0.29, 0.717) is 10.6 Å². The maximum atomic E-state index is 13.3. The van der Waals surface area contributed by atoms with Crippen molar-refractivity contribution < 1.29 is 4.39 Å².